The molecule has 3 rings (SSSR count). The van der Waals surface area contributed by atoms with Crippen LogP contribution in [0.3, 0.4) is 0 Å². The zero-order chi connectivity index (χ0) is 15.3. The molecule has 0 saturated carbocycles. The molecule has 1 aromatic carbocycles. The number of carboxylic acids is 1. The molecule has 1 aliphatic rings. The number of carbonyl (C=O) groups is 1. The maximum atomic E-state index is 11.5. The summed E-state index contributed by atoms with van der Waals surface area (Å²) in [4.78, 5) is 13.8. The first-order valence-electron chi connectivity index (χ1n) is 7.13. The Hall–Kier alpha value is -1.85. The van der Waals surface area contributed by atoms with Gasteiger partial charge in [0.1, 0.15) is 6.04 Å². The van der Waals surface area contributed by atoms with Gasteiger partial charge in [0, 0.05) is 42.3 Å². The molecular formula is C16H21N3O2. The highest BCUT2D eigenvalue weighted by Gasteiger charge is 2.27. The maximum absolute atomic E-state index is 11.5. The molecule has 21 heavy (non-hydrogen) atoms. The van der Waals surface area contributed by atoms with E-state index in [9.17, 15) is 9.90 Å². The number of aromatic nitrogens is 1. The average molecular weight is 287 g/mol. The summed E-state index contributed by atoms with van der Waals surface area (Å²) < 4.78 is 2.09. The van der Waals surface area contributed by atoms with Crippen molar-refractivity contribution in [2.24, 2.45) is 7.05 Å². The normalized spacial score (nSPS) is 16.4. The van der Waals surface area contributed by atoms with Gasteiger partial charge in [-0.1, -0.05) is 0 Å². The van der Waals surface area contributed by atoms with Gasteiger partial charge >= 0.3 is 5.97 Å². The van der Waals surface area contributed by atoms with Gasteiger partial charge < -0.3 is 15.0 Å². The van der Waals surface area contributed by atoms with E-state index in [0.717, 1.165) is 35.2 Å². The first-order chi connectivity index (χ1) is 9.93. The molecule has 0 radical (unpaired) electrons. The smallest absolute Gasteiger partial charge is 0.325 e. The first-order valence-corrected chi connectivity index (χ1v) is 7.13. The summed E-state index contributed by atoms with van der Waals surface area (Å²) in [7, 11) is 5.80. The number of benzene rings is 1. The molecule has 0 fully saturated rings. The van der Waals surface area contributed by atoms with Gasteiger partial charge in [0.25, 0.3) is 0 Å². The van der Waals surface area contributed by atoms with Crippen molar-refractivity contribution < 1.29 is 9.90 Å². The zero-order valence-electron chi connectivity index (χ0n) is 12.9. The van der Waals surface area contributed by atoms with Gasteiger partial charge in [-0.05, 0) is 44.3 Å². The number of nitrogens with one attached hydrogen (secondary N) is 1. The van der Waals surface area contributed by atoms with Gasteiger partial charge in [-0.25, -0.2) is 0 Å². The van der Waals surface area contributed by atoms with Crippen LogP contribution >= 0.6 is 0 Å². The van der Waals surface area contributed by atoms with Crippen LogP contribution in [-0.2, 0) is 24.9 Å². The lowest BCUT2D eigenvalue weighted by atomic mass is 10.00. The minimum absolute atomic E-state index is 0.675. The lowest BCUT2D eigenvalue weighted by Crippen LogP contribution is -2.25. The Morgan fingerprint density at radius 3 is 2.48 bits per heavy atom. The highest BCUT2D eigenvalue weighted by Crippen LogP contribution is 2.34. The number of aliphatic carboxylic acids is 1. The second-order valence-corrected chi connectivity index (χ2v) is 5.93. The van der Waals surface area contributed by atoms with Crippen molar-refractivity contribution in [2.45, 2.75) is 26.1 Å². The van der Waals surface area contributed by atoms with Gasteiger partial charge in [-0.2, -0.15) is 0 Å². The molecule has 5 heteroatoms. The van der Waals surface area contributed by atoms with Crippen LogP contribution < -0.4 is 5.32 Å². The highest BCUT2D eigenvalue weighted by atomic mass is 16.4. The number of nitrogens with zero attached hydrogens (tertiary/aromatic N) is 2. The fourth-order valence-electron chi connectivity index (χ4n) is 3.41. The van der Waals surface area contributed by atoms with Gasteiger partial charge in [0.05, 0.1) is 0 Å². The molecule has 1 unspecified atom stereocenters. The molecule has 0 spiro atoms. The summed E-state index contributed by atoms with van der Waals surface area (Å²) in [5, 5.41) is 13.4. The SMILES string of the molecule is CNC(C(=O)O)c1c(C)n(C)c2cc3c(cc12)CN(C)C3. The van der Waals surface area contributed by atoms with Gasteiger partial charge in [-0.15, -0.1) is 0 Å². The molecule has 0 saturated heterocycles. The number of likely N-dealkylation sites (N-methyl/N-ethyl adjacent to an activating group) is 1. The van der Waals surface area contributed by atoms with E-state index in [-0.39, 0.29) is 0 Å². The van der Waals surface area contributed by atoms with Crippen molar-refractivity contribution in [3.8, 4) is 0 Å². The third-order valence-corrected chi connectivity index (χ3v) is 4.57. The van der Waals surface area contributed by atoms with E-state index in [4.69, 9.17) is 0 Å². The average Bonchev–Trinajstić information content (AvgIpc) is 2.89. The Labute approximate surface area is 124 Å². The monoisotopic (exact) mass is 287 g/mol. The molecule has 2 N–H and O–H groups in total. The zero-order valence-corrected chi connectivity index (χ0v) is 12.9. The van der Waals surface area contributed by atoms with Gasteiger partial charge in [-0.3, -0.25) is 9.69 Å². The summed E-state index contributed by atoms with van der Waals surface area (Å²) in [5.41, 5.74) is 5.63. The topological polar surface area (TPSA) is 57.5 Å². The first kappa shape index (κ1) is 14.1. The molecule has 112 valence electrons. The molecule has 0 aliphatic carbocycles. The number of carboxylic acid groups (broad SMARTS) is 1. The van der Waals surface area contributed by atoms with Crippen molar-refractivity contribution in [1.82, 2.24) is 14.8 Å². The lowest BCUT2D eigenvalue weighted by molar-refractivity contribution is -0.139. The van der Waals surface area contributed by atoms with Crippen LogP contribution in [0.15, 0.2) is 12.1 Å². The molecule has 1 atom stereocenters. The van der Waals surface area contributed by atoms with E-state index in [0.29, 0.717) is 0 Å². The number of hydrogen-bond acceptors (Lipinski definition) is 3. The number of rotatable bonds is 3. The molecule has 1 aromatic heterocycles. The van der Waals surface area contributed by atoms with Crippen LogP contribution in [0.25, 0.3) is 10.9 Å². The van der Waals surface area contributed by atoms with E-state index in [1.807, 2.05) is 14.0 Å². The van der Waals surface area contributed by atoms with Gasteiger partial charge in [0.2, 0.25) is 0 Å². The largest absolute Gasteiger partial charge is 0.480 e. The summed E-state index contributed by atoms with van der Waals surface area (Å²) in [6, 6.07) is 3.70. The van der Waals surface area contributed by atoms with Crippen molar-refractivity contribution in [2.75, 3.05) is 14.1 Å². The predicted molar refractivity (Wildman–Crippen MR) is 82.3 cm³/mol. The predicted octanol–water partition coefficient (Wildman–Crippen LogP) is 1.78. The molecular weight excluding hydrogens is 266 g/mol. The van der Waals surface area contributed by atoms with Crippen LogP contribution in [0, 0.1) is 6.92 Å². The third-order valence-electron chi connectivity index (χ3n) is 4.57. The van der Waals surface area contributed by atoms with Crippen LogP contribution in [0.5, 0.6) is 0 Å². The summed E-state index contributed by atoms with van der Waals surface area (Å²) >= 11 is 0. The number of hydrogen-bond donors (Lipinski definition) is 2. The summed E-state index contributed by atoms with van der Waals surface area (Å²) in [5.74, 6) is -0.842. The molecule has 2 aromatic rings. The Morgan fingerprint density at radius 2 is 1.90 bits per heavy atom. The number of fused-ring (bicyclic) bond motifs is 2. The van der Waals surface area contributed by atoms with Crippen LogP contribution in [0.2, 0.25) is 0 Å². The Kier molecular flexibility index (Phi) is 3.26. The minimum Gasteiger partial charge on any atom is -0.480 e. The van der Waals surface area contributed by atoms with E-state index in [1.54, 1.807) is 7.05 Å². The fourth-order valence-corrected chi connectivity index (χ4v) is 3.41. The third kappa shape index (κ3) is 2.04. The van der Waals surface area contributed by atoms with Crippen LogP contribution in [-0.4, -0.2) is 34.6 Å². The second-order valence-electron chi connectivity index (χ2n) is 5.93. The van der Waals surface area contributed by atoms with Crippen molar-refractivity contribution in [1.29, 1.82) is 0 Å². The summed E-state index contributed by atoms with van der Waals surface area (Å²) in [6.07, 6.45) is 0. The van der Waals surface area contributed by atoms with Crippen molar-refractivity contribution in [3.63, 3.8) is 0 Å². The second kappa shape index (κ2) is 4.86. The van der Waals surface area contributed by atoms with Crippen molar-refractivity contribution >= 4 is 16.9 Å². The standard InChI is InChI=1S/C16H21N3O2/c1-9-14(15(17-2)16(20)21)12-5-10-7-18(3)8-11(10)6-13(12)19(9)4/h5-6,15,17H,7-8H2,1-4H3,(H,20,21). The van der Waals surface area contributed by atoms with E-state index >= 15 is 0 Å². The Bertz CT molecular complexity index is 733. The number of aryl methyl sites for hydroxylation is 1. The molecule has 1 aliphatic heterocycles. The maximum Gasteiger partial charge on any atom is 0.325 e. The molecule has 5 nitrogen and oxygen atoms in total. The lowest BCUT2D eigenvalue weighted by Gasteiger charge is -2.12. The van der Waals surface area contributed by atoms with E-state index < -0.39 is 12.0 Å². The minimum atomic E-state index is -0.842. The molecule has 2 heterocycles. The fraction of sp³-hybridized carbons (Fsp3) is 0.438. The Morgan fingerprint density at radius 1 is 1.29 bits per heavy atom. The van der Waals surface area contributed by atoms with E-state index in [2.05, 4.69) is 34.0 Å². The molecule has 0 bridgehead atoms. The summed E-state index contributed by atoms with van der Waals surface area (Å²) in [6.45, 7) is 3.87. The highest BCUT2D eigenvalue weighted by molar-refractivity contribution is 5.92. The molecule has 0 amide bonds. The quantitative estimate of drug-likeness (QED) is 0.903. The van der Waals surface area contributed by atoms with Crippen LogP contribution in [0.1, 0.15) is 28.4 Å². The Balaban J connectivity index is 2.28. The van der Waals surface area contributed by atoms with Gasteiger partial charge in [0.15, 0.2) is 0 Å². The van der Waals surface area contributed by atoms with E-state index in [1.165, 1.54) is 11.1 Å². The van der Waals surface area contributed by atoms with Crippen molar-refractivity contribution in [3.05, 3.63) is 34.5 Å². The van der Waals surface area contributed by atoms with Crippen LogP contribution in [0.4, 0.5) is 0 Å².